The molecule has 0 radical (unpaired) electrons. The van der Waals surface area contributed by atoms with E-state index in [4.69, 9.17) is 4.74 Å². The Balaban J connectivity index is 2.48. The molecule has 1 unspecified atom stereocenters. The SMILES string of the molecule is C=C(C)C1CNC(=O)O1. The highest BCUT2D eigenvalue weighted by Gasteiger charge is 2.22. The van der Waals surface area contributed by atoms with Crippen molar-refractivity contribution in [2.75, 3.05) is 6.54 Å². The van der Waals surface area contributed by atoms with Gasteiger partial charge in [-0.15, -0.1) is 0 Å². The lowest BCUT2D eigenvalue weighted by Gasteiger charge is -2.03. The van der Waals surface area contributed by atoms with E-state index in [9.17, 15) is 4.79 Å². The Morgan fingerprint density at radius 2 is 2.67 bits per heavy atom. The molecule has 1 saturated heterocycles. The monoisotopic (exact) mass is 127 g/mol. The molecule has 0 aliphatic carbocycles. The first-order chi connectivity index (χ1) is 4.20. The van der Waals surface area contributed by atoms with Gasteiger partial charge in [-0.05, 0) is 12.5 Å². The van der Waals surface area contributed by atoms with Gasteiger partial charge < -0.3 is 10.1 Å². The number of rotatable bonds is 1. The summed E-state index contributed by atoms with van der Waals surface area (Å²) in [5.74, 6) is 0. The third kappa shape index (κ3) is 1.22. The summed E-state index contributed by atoms with van der Waals surface area (Å²) in [6.45, 7) is 6.06. The Morgan fingerprint density at radius 3 is 2.89 bits per heavy atom. The molecule has 1 heterocycles. The van der Waals surface area contributed by atoms with Crippen LogP contribution in [0.25, 0.3) is 0 Å². The quantitative estimate of drug-likeness (QED) is 0.526. The lowest BCUT2D eigenvalue weighted by atomic mass is 10.2. The molecule has 50 valence electrons. The first-order valence-electron chi connectivity index (χ1n) is 2.80. The summed E-state index contributed by atoms with van der Waals surface area (Å²) in [5, 5.41) is 2.53. The third-order valence-corrected chi connectivity index (χ3v) is 1.23. The third-order valence-electron chi connectivity index (χ3n) is 1.23. The molecule has 1 aliphatic rings. The van der Waals surface area contributed by atoms with Crippen molar-refractivity contribution < 1.29 is 9.53 Å². The highest BCUT2D eigenvalue weighted by molar-refractivity contribution is 5.69. The zero-order valence-corrected chi connectivity index (χ0v) is 5.31. The number of amides is 1. The minimum Gasteiger partial charge on any atom is -0.440 e. The van der Waals surface area contributed by atoms with Crippen molar-refractivity contribution >= 4 is 6.09 Å². The van der Waals surface area contributed by atoms with Gasteiger partial charge in [0.05, 0.1) is 6.54 Å². The molecule has 1 aliphatic heterocycles. The fraction of sp³-hybridized carbons (Fsp3) is 0.500. The van der Waals surface area contributed by atoms with E-state index >= 15 is 0 Å². The summed E-state index contributed by atoms with van der Waals surface area (Å²) in [7, 11) is 0. The zero-order chi connectivity index (χ0) is 6.85. The lowest BCUT2D eigenvalue weighted by molar-refractivity contribution is 0.154. The number of carbonyl (C=O) groups excluding carboxylic acids is 1. The van der Waals surface area contributed by atoms with Crippen molar-refractivity contribution in [2.24, 2.45) is 0 Å². The maximum absolute atomic E-state index is 10.4. The molecular weight excluding hydrogens is 118 g/mol. The summed E-state index contributed by atoms with van der Waals surface area (Å²) >= 11 is 0. The van der Waals surface area contributed by atoms with E-state index in [0.29, 0.717) is 6.54 Å². The molecule has 1 amide bonds. The number of hydrogen-bond donors (Lipinski definition) is 1. The van der Waals surface area contributed by atoms with Gasteiger partial charge in [0.15, 0.2) is 0 Å². The van der Waals surface area contributed by atoms with E-state index in [2.05, 4.69) is 11.9 Å². The minimum atomic E-state index is -0.344. The summed E-state index contributed by atoms with van der Waals surface area (Å²) in [4.78, 5) is 10.4. The van der Waals surface area contributed by atoms with Gasteiger partial charge >= 0.3 is 6.09 Å². The molecule has 9 heavy (non-hydrogen) atoms. The Hall–Kier alpha value is -0.990. The smallest absolute Gasteiger partial charge is 0.407 e. The van der Waals surface area contributed by atoms with Crippen molar-refractivity contribution in [3.63, 3.8) is 0 Å². The van der Waals surface area contributed by atoms with E-state index in [1.54, 1.807) is 0 Å². The highest BCUT2D eigenvalue weighted by Crippen LogP contribution is 2.07. The first-order valence-corrected chi connectivity index (χ1v) is 2.80. The Bertz CT molecular complexity index is 153. The lowest BCUT2D eigenvalue weighted by Crippen LogP contribution is -2.15. The Kier molecular flexibility index (Phi) is 1.42. The van der Waals surface area contributed by atoms with Crippen LogP contribution in [0.1, 0.15) is 6.92 Å². The standard InChI is InChI=1S/C6H9NO2/c1-4(2)5-3-7-6(8)9-5/h5H,1,3H2,2H3,(H,7,8). The molecule has 0 saturated carbocycles. The number of ether oxygens (including phenoxy) is 1. The molecule has 0 bridgehead atoms. The average molecular weight is 127 g/mol. The average Bonchev–Trinajstić information content (AvgIpc) is 2.14. The number of carbonyl (C=O) groups is 1. The van der Waals surface area contributed by atoms with Gasteiger partial charge in [-0.1, -0.05) is 6.58 Å². The van der Waals surface area contributed by atoms with Gasteiger partial charge in [0.1, 0.15) is 6.10 Å². The Morgan fingerprint density at radius 1 is 2.00 bits per heavy atom. The second-order valence-corrected chi connectivity index (χ2v) is 2.12. The van der Waals surface area contributed by atoms with Gasteiger partial charge in [0, 0.05) is 0 Å². The summed E-state index contributed by atoms with van der Waals surface area (Å²) in [6, 6.07) is 0. The zero-order valence-electron chi connectivity index (χ0n) is 5.31. The number of alkyl carbamates (subject to hydrolysis) is 1. The maximum atomic E-state index is 10.4. The summed E-state index contributed by atoms with van der Waals surface area (Å²) in [5.41, 5.74) is 0.883. The largest absolute Gasteiger partial charge is 0.440 e. The summed E-state index contributed by atoms with van der Waals surface area (Å²) in [6.07, 6.45) is -0.458. The van der Waals surface area contributed by atoms with Crippen molar-refractivity contribution in [3.8, 4) is 0 Å². The molecule has 0 aromatic rings. The highest BCUT2D eigenvalue weighted by atomic mass is 16.6. The van der Waals surface area contributed by atoms with Crippen molar-refractivity contribution in [2.45, 2.75) is 13.0 Å². The summed E-state index contributed by atoms with van der Waals surface area (Å²) < 4.78 is 4.77. The van der Waals surface area contributed by atoms with Crippen molar-refractivity contribution in [1.82, 2.24) is 5.32 Å². The normalized spacial score (nSPS) is 25.0. The first kappa shape index (κ1) is 6.13. The fourth-order valence-corrected chi connectivity index (χ4v) is 0.663. The predicted molar refractivity (Wildman–Crippen MR) is 33.1 cm³/mol. The predicted octanol–water partition coefficient (Wildman–Crippen LogP) is 0.671. The molecule has 3 heteroatoms. The second kappa shape index (κ2) is 2.09. The van der Waals surface area contributed by atoms with E-state index < -0.39 is 0 Å². The molecule has 1 N–H and O–H groups in total. The molecule has 0 spiro atoms. The van der Waals surface area contributed by atoms with Crippen LogP contribution in [0.4, 0.5) is 4.79 Å². The van der Waals surface area contributed by atoms with Crippen LogP contribution < -0.4 is 5.32 Å². The van der Waals surface area contributed by atoms with Gasteiger partial charge in [-0.25, -0.2) is 4.79 Å². The molecule has 0 aromatic carbocycles. The van der Waals surface area contributed by atoms with Crippen LogP contribution in [0.5, 0.6) is 0 Å². The fourth-order valence-electron chi connectivity index (χ4n) is 0.663. The minimum absolute atomic E-state index is 0.113. The van der Waals surface area contributed by atoms with Crippen LogP contribution in [0.15, 0.2) is 12.2 Å². The number of hydrogen-bond acceptors (Lipinski definition) is 2. The van der Waals surface area contributed by atoms with Crippen molar-refractivity contribution in [1.29, 1.82) is 0 Å². The van der Waals surface area contributed by atoms with E-state index in [1.807, 2.05) is 6.92 Å². The number of cyclic esters (lactones) is 1. The molecule has 0 aromatic heterocycles. The van der Waals surface area contributed by atoms with Crippen LogP contribution in [0, 0.1) is 0 Å². The van der Waals surface area contributed by atoms with Gasteiger partial charge in [0.25, 0.3) is 0 Å². The van der Waals surface area contributed by atoms with Crippen molar-refractivity contribution in [3.05, 3.63) is 12.2 Å². The molecule has 3 nitrogen and oxygen atoms in total. The molecule has 1 atom stereocenters. The van der Waals surface area contributed by atoms with Crippen LogP contribution in [-0.4, -0.2) is 18.7 Å². The maximum Gasteiger partial charge on any atom is 0.407 e. The molecule has 1 rings (SSSR count). The van der Waals surface area contributed by atoms with Crippen LogP contribution in [-0.2, 0) is 4.74 Å². The van der Waals surface area contributed by atoms with E-state index in [1.165, 1.54) is 0 Å². The Labute approximate surface area is 53.7 Å². The van der Waals surface area contributed by atoms with Gasteiger partial charge in [-0.3, -0.25) is 0 Å². The number of nitrogens with one attached hydrogen (secondary N) is 1. The van der Waals surface area contributed by atoms with Crippen LogP contribution in [0.3, 0.4) is 0 Å². The van der Waals surface area contributed by atoms with Gasteiger partial charge in [-0.2, -0.15) is 0 Å². The second-order valence-electron chi connectivity index (χ2n) is 2.12. The topological polar surface area (TPSA) is 38.3 Å². The van der Waals surface area contributed by atoms with E-state index in [0.717, 1.165) is 5.57 Å². The van der Waals surface area contributed by atoms with Crippen LogP contribution in [0.2, 0.25) is 0 Å². The molecule has 1 fully saturated rings. The van der Waals surface area contributed by atoms with Crippen LogP contribution >= 0.6 is 0 Å². The van der Waals surface area contributed by atoms with E-state index in [-0.39, 0.29) is 12.2 Å². The van der Waals surface area contributed by atoms with Gasteiger partial charge in [0.2, 0.25) is 0 Å². The molecular formula is C6H9NO2.